The highest BCUT2D eigenvalue weighted by Crippen LogP contribution is 2.41. The minimum Gasteiger partial charge on any atom is -0.479 e. The van der Waals surface area contributed by atoms with Gasteiger partial charge in [0.25, 0.3) is 0 Å². The normalized spacial score (nSPS) is 33.9. The van der Waals surface area contributed by atoms with Crippen LogP contribution >= 0.6 is 11.8 Å². The number of carbonyl (C=O) groups excluding carboxylic acids is 1. The largest absolute Gasteiger partial charge is 0.479 e. The summed E-state index contributed by atoms with van der Waals surface area (Å²) >= 11 is 1.60. The third-order valence-corrected chi connectivity index (χ3v) is 5.81. The Bertz CT molecular complexity index is 375. The van der Waals surface area contributed by atoms with Crippen molar-refractivity contribution in [3.05, 3.63) is 0 Å². The monoisotopic (exact) mass is 285 g/mol. The van der Waals surface area contributed by atoms with Crippen LogP contribution in [0.4, 0.5) is 0 Å². The zero-order valence-electron chi connectivity index (χ0n) is 11.7. The van der Waals surface area contributed by atoms with E-state index in [0.29, 0.717) is 12.2 Å². The molecule has 1 saturated heterocycles. The van der Waals surface area contributed by atoms with Gasteiger partial charge in [0.05, 0.1) is 0 Å². The Morgan fingerprint density at radius 1 is 1.26 bits per heavy atom. The molecular weight excluding hydrogens is 262 g/mol. The Morgan fingerprint density at radius 3 is 2.53 bits per heavy atom. The molecule has 2 unspecified atom stereocenters. The van der Waals surface area contributed by atoms with Gasteiger partial charge in [-0.2, -0.15) is 11.8 Å². The molecule has 19 heavy (non-hydrogen) atoms. The van der Waals surface area contributed by atoms with Crippen LogP contribution in [-0.4, -0.2) is 34.0 Å². The fourth-order valence-electron chi connectivity index (χ4n) is 3.19. The minimum absolute atomic E-state index is 0.0201. The number of carboxylic acids is 1. The smallest absolute Gasteiger partial charge is 0.330 e. The molecule has 1 saturated carbocycles. The van der Waals surface area contributed by atoms with Gasteiger partial charge in [-0.1, -0.05) is 26.7 Å². The van der Waals surface area contributed by atoms with E-state index >= 15 is 0 Å². The van der Waals surface area contributed by atoms with Crippen LogP contribution in [0.15, 0.2) is 0 Å². The molecular formula is C14H23NO3S. The molecule has 1 amide bonds. The number of carbonyl (C=O) groups is 2. The predicted octanol–water partition coefficient (Wildman–Crippen LogP) is 2.28. The van der Waals surface area contributed by atoms with Gasteiger partial charge < -0.3 is 10.4 Å². The fourth-order valence-corrected chi connectivity index (χ4v) is 4.51. The molecule has 0 aromatic heterocycles. The van der Waals surface area contributed by atoms with Crippen molar-refractivity contribution in [2.75, 3.05) is 11.5 Å². The quantitative estimate of drug-likeness (QED) is 0.835. The van der Waals surface area contributed by atoms with E-state index in [1.165, 1.54) is 0 Å². The summed E-state index contributed by atoms with van der Waals surface area (Å²) in [7, 11) is 0. The maximum atomic E-state index is 12.5. The van der Waals surface area contributed by atoms with Crippen LogP contribution < -0.4 is 5.32 Å². The highest BCUT2D eigenvalue weighted by Gasteiger charge is 2.46. The lowest BCUT2D eigenvalue weighted by molar-refractivity contribution is -0.148. The van der Waals surface area contributed by atoms with Gasteiger partial charge in [-0.15, -0.1) is 0 Å². The van der Waals surface area contributed by atoms with Crippen molar-refractivity contribution >= 4 is 23.6 Å². The molecule has 1 aliphatic heterocycles. The van der Waals surface area contributed by atoms with Gasteiger partial charge >= 0.3 is 5.97 Å². The minimum atomic E-state index is -1.03. The molecule has 0 spiro atoms. The summed E-state index contributed by atoms with van der Waals surface area (Å²) in [6.45, 7) is 4.24. The molecule has 0 aromatic rings. The summed E-state index contributed by atoms with van der Waals surface area (Å²) in [4.78, 5) is 24.0. The second-order valence-corrected chi connectivity index (χ2v) is 7.57. The average molecular weight is 285 g/mol. The summed E-state index contributed by atoms with van der Waals surface area (Å²) in [6, 6.07) is 0. The van der Waals surface area contributed by atoms with Gasteiger partial charge in [0.1, 0.15) is 5.54 Å². The fraction of sp³-hybridized carbons (Fsp3) is 0.857. The van der Waals surface area contributed by atoms with Gasteiger partial charge in [-0.25, -0.2) is 4.79 Å². The van der Waals surface area contributed by atoms with Crippen molar-refractivity contribution in [2.24, 2.45) is 11.3 Å². The summed E-state index contributed by atoms with van der Waals surface area (Å²) in [5.74, 6) is 0.291. The Labute approximate surface area is 118 Å². The van der Waals surface area contributed by atoms with E-state index in [4.69, 9.17) is 0 Å². The second-order valence-electron chi connectivity index (χ2n) is 6.47. The highest BCUT2D eigenvalue weighted by atomic mass is 32.2. The van der Waals surface area contributed by atoms with Crippen molar-refractivity contribution in [3.63, 3.8) is 0 Å². The molecule has 0 radical (unpaired) electrons. The molecule has 2 rings (SSSR count). The van der Waals surface area contributed by atoms with Crippen molar-refractivity contribution in [2.45, 2.75) is 51.5 Å². The van der Waals surface area contributed by atoms with Gasteiger partial charge in [0, 0.05) is 11.7 Å². The third kappa shape index (κ3) is 2.91. The summed E-state index contributed by atoms with van der Waals surface area (Å²) in [5.41, 5.74) is -1.05. The van der Waals surface area contributed by atoms with Gasteiger partial charge in [0.2, 0.25) is 5.91 Å². The number of carboxylic acid groups (broad SMARTS) is 1. The average Bonchev–Trinajstić information content (AvgIpc) is 2.78. The molecule has 2 N–H and O–H groups in total. The number of thioether (sulfide) groups is 1. The molecule has 2 fully saturated rings. The Balaban J connectivity index is 2.09. The van der Waals surface area contributed by atoms with E-state index < -0.39 is 11.5 Å². The van der Waals surface area contributed by atoms with E-state index in [-0.39, 0.29) is 17.2 Å². The van der Waals surface area contributed by atoms with Crippen molar-refractivity contribution in [1.29, 1.82) is 0 Å². The molecule has 5 heteroatoms. The number of hydrogen-bond donors (Lipinski definition) is 2. The molecule has 1 aliphatic carbocycles. The number of rotatable bonds is 3. The molecule has 2 aliphatic rings. The van der Waals surface area contributed by atoms with E-state index in [2.05, 4.69) is 19.2 Å². The zero-order valence-corrected chi connectivity index (χ0v) is 12.5. The molecule has 2 atom stereocenters. The lowest BCUT2D eigenvalue weighted by Crippen LogP contribution is -2.57. The van der Waals surface area contributed by atoms with Crippen LogP contribution in [0.2, 0.25) is 0 Å². The molecule has 0 bridgehead atoms. The standard InChI is InChI=1S/C14H23NO3S/c1-13(2)6-4-3-5-10(13)11(16)15-14(12(17)18)7-8-19-9-14/h10H,3-9H2,1-2H3,(H,15,16)(H,17,18). The van der Waals surface area contributed by atoms with Gasteiger partial charge in [-0.05, 0) is 30.4 Å². The van der Waals surface area contributed by atoms with E-state index in [9.17, 15) is 14.7 Å². The molecule has 1 heterocycles. The van der Waals surface area contributed by atoms with Crippen molar-refractivity contribution in [1.82, 2.24) is 5.32 Å². The van der Waals surface area contributed by atoms with Crippen LogP contribution in [0, 0.1) is 11.3 Å². The maximum absolute atomic E-state index is 12.5. The van der Waals surface area contributed by atoms with E-state index in [0.717, 1.165) is 31.4 Å². The SMILES string of the molecule is CC1(C)CCCCC1C(=O)NC1(C(=O)O)CCSC1. The Morgan fingerprint density at radius 2 is 2.00 bits per heavy atom. The van der Waals surface area contributed by atoms with Crippen LogP contribution in [-0.2, 0) is 9.59 Å². The van der Waals surface area contributed by atoms with E-state index in [1.807, 2.05) is 0 Å². The second kappa shape index (κ2) is 5.35. The lowest BCUT2D eigenvalue weighted by atomic mass is 9.68. The maximum Gasteiger partial charge on any atom is 0.330 e. The number of amides is 1. The zero-order chi connectivity index (χ0) is 14.1. The first-order valence-electron chi connectivity index (χ1n) is 7.01. The predicted molar refractivity (Wildman–Crippen MR) is 76.2 cm³/mol. The first-order chi connectivity index (χ1) is 8.87. The lowest BCUT2D eigenvalue weighted by Gasteiger charge is -2.39. The third-order valence-electron chi connectivity index (χ3n) is 4.62. The first-order valence-corrected chi connectivity index (χ1v) is 8.16. The number of nitrogens with one attached hydrogen (secondary N) is 1. The van der Waals surface area contributed by atoms with Crippen molar-refractivity contribution in [3.8, 4) is 0 Å². The topological polar surface area (TPSA) is 66.4 Å². The van der Waals surface area contributed by atoms with Crippen LogP contribution in [0.25, 0.3) is 0 Å². The Kier molecular flexibility index (Phi) is 4.14. The summed E-state index contributed by atoms with van der Waals surface area (Å²) < 4.78 is 0. The molecule has 4 nitrogen and oxygen atoms in total. The van der Waals surface area contributed by atoms with Crippen LogP contribution in [0.1, 0.15) is 46.0 Å². The van der Waals surface area contributed by atoms with E-state index in [1.54, 1.807) is 11.8 Å². The van der Waals surface area contributed by atoms with Crippen LogP contribution in [0.5, 0.6) is 0 Å². The summed E-state index contributed by atoms with van der Waals surface area (Å²) in [6.07, 6.45) is 4.68. The summed E-state index contributed by atoms with van der Waals surface area (Å²) in [5, 5.41) is 12.3. The Hall–Kier alpha value is -0.710. The molecule has 0 aromatic carbocycles. The number of aliphatic carboxylic acids is 1. The molecule has 108 valence electrons. The van der Waals surface area contributed by atoms with Gasteiger partial charge in [0.15, 0.2) is 0 Å². The number of hydrogen-bond acceptors (Lipinski definition) is 3. The van der Waals surface area contributed by atoms with Crippen molar-refractivity contribution < 1.29 is 14.7 Å². The van der Waals surface area contributed by atoms with Gasteiger partial charge in [-0.3, -0.25) is 4.79 Å². The first kappa shape index (κ1) is 14.7. The van der Waals surface area contributed by atoms with Crippen LogP contribution in [0.3, 0.4) is 0 Å². The highest BCUT2D eigenvalue weighted by molar-refractivity contribution is 7.99.